The van der Waals surface area contributed by atoms with Crippen molar-refractivity contribution in [3.05, 3.63) is 33.3 Å². The second kappa shape index (κ2) is 6.97. The molecular weight excluding hydrogens is 350 g/mol. The Kier molecular flexibility index (Phi) is 5.57. The number of aliphatic carboxylic acids is 1. The quantitative estimate of drug-likeness (QED) is 0.888. The predicted octanol–water partition coefficient (Wildman–Crippen LogP) is 3.49. The van der Waals surface area contributed by atoms with Crippen LogP contribution in [0.2, 0.25) is 5.02 Å². The van der Waals surface area contributed by atoms with Crippen LogP contribution in [0.4, 0.5) is 0 Å². The number of thioether (sulfide) groups is 1. The van der Waals surface area contributed by atoms with Crippen molar-refractivity contribution in [2.24, 2.45) is 0 Å². The minimum absolute atomic E-state index is 0.0935. The standard InChI is InChI=1S/C13H15BrClNO2S/c14-10-2-1-9(12(15)5-10)7-16-3-4-19-8-11(16)6-13(17)18/h1-2,5,11H,3-4,6-8H2,(H,17,18). The first-order chi connectivity index (χ1) is 9.06. The van der Waals surface area contributed by atoms with Gasteiger partial charge in [0, 0.05) is 40.1 Å². The van der Waals surface area contributed by atoms with Gasteiger partial charge in [0.05, 0.1) is 6.42 Å². The van der Waals surface area contributed by atoms with E-state index in [4.69, 9.17) is 16.7 Å². The van der Waals surface area contributed by atoms with Crippen molar-refractivity contribution in [3.8, 4) is 0 Å². The first kappa shape index (κ1) is 15.2. The van der Waals surface area contributed by atoms with Gasteiger partial charge < -0.3 is 5.11 Å². The fourth-order valence-corrected chi connectivity index (χ4v) is 4.02. The molecule has 19 heavy (non-hydrogen) atoms. The molecule has 1 N–H and O–H groups in total. The van der Waals surface area contributed by atoms with E-state index in [9.17, 15) is 4.79 Å². The molecule has 0 radical (unpaired) electrons. The first-order valence-corrected chi connectivity index (χ1v) is 8.36. The first-order valence-electron chi connectivity index (χ1n) is 6.04. The van der Waals surface area contributed by atoms with Crippen LogP contribution in [0.5, 0.6) is 0 Å². The van der Waals surface area contributed by atoms with Crippen molar-refractivity contribution in [2.45, 2.75) is 19.0 Å². The third-order valence-corrected chi connectivity index (χ3v) is 5.09. The highest BCUT2D eigenvalue weighted by Gasteiger charge is 2.25. The third kappa shape index (κ3) is 4.38. The van der Waals surface area contributed by atoms with Crippen LogP contribution in [0.3, 0.4) is 0 Å². The number of carboxylic acids is 1. The van der Waals surface area contributed by atoms with Crippen molar-refractivity contribution >= 4 is 45.3 Å². The lowest BCUT2D eigenvalue weighted by atomic mass is 10.1. The van der Waals surface area contributed by atoms with Crippen LogP contribution in [0, 0.1) is 0 Å². The van der Waals surface area contributed by atoms with E-state index >= 15 is 0 Å². The molecule has 3 nitrogen and oxygen atoms in total. The van der Waals surface area contributed by atoms with Crippen LogP contribution in [0.15, 0.2) is 22.7 Å². The van der Waals surface area contributed by atoms with Gasteiger partial charge >= 0.3 is 5.97 Å². The molecule has 1 atom stereocenters. The van der Waals surface area contributed by atoms with E-state index in [1.165, 1.54) is 0 Å². The molecular formula is C13H15BrClNO2S. The molecule has 0 bridgehead atoms. The van der Waals surface area contributed by atoms with Crippen LogP contribution >= 0.6 is 39.3 Å². The predicted molar refractivity (Wildman–Crippen MR) is 82.9 cm³/mol. The summed E-state index contributed by atoms with van der Waals surface area (Å²) in [7, 11) is 0. The highest BCUT2D eigenvalue weighted by Crippen LogP contribution is 2.26. The van der Waals surface area contributed by atoms with Gasteiger partial charge in [-0.05, 0) is 17.7 Å². The SMILES string of the molecule is O=C(O)CC1CSCCN1Cc1ccc(Br)cc1Cl. The lowest BCUT2D eigenvalue weighted by molar-refractivity contribution is -0.138. The summed E-state index contributed by atoms with van der Waals surface area (Å²) >= 11 is 11.4. The van der Waals surface area contributed by atoms with E-state index in [2.05, 4.69) is 20.8 Å². The van der Waals surface area contributed by atoms with Gasteiger partial charge in [-0.25, -0.2) is 0 Å². The van der Waals surface area contributed by atoms with Crippen LogP contribution < -0.4 is 0 Å². The van der Waals surface area contributed by atoms with Gasteiger partial charge in [0.1, 0.15) is 0 Å². The van der Waals surface area contributed by atoms with Gasteiger partial charge in [0.2, 0.25) is 0 Å². The average Bonchev–Trinajstić information content (AvgIpc) is 2.34. The van der Waals surface area contributed by atoms with Gasteiger partial charge in [0.15, 0.2) is 0 Å². The molecule has 0 spiro atoms. The monoisotopic (exact) mass is 363 g/mol. The second-order valence-corrected chi connectivity index (χ2v) is 7.01. The van der Waals surface area contributed by atoms with Gasteiger partial charge in [-0.3, -0.25) is 9.69 Å². The molecule has 1 unspecified atom stereocenters. The number of hydrogen-bond donors (Lipinski definition) is 1. The number of nitrogens with zero attached hydrogens (tertiary/aromatic N) is 1. The number of carbonyl (C=O) groups is 1. The molecule has 6 heteroatoms. The fourth-order valence-electron chi connectivity index (χ4n) is 2.16. The summed E-state index contributed by atoms with van der Waals surface area (Å²) in [6.07, 6.45) is 0.196. The summed E-state index contributed by atoms with van der Waals surface area (Å²) in [6, 6.07) is 5.93. The van der Waals surface area contributed by atoms with Gasteiger partial charge in [-0.15, -0.1) is 0 Å². The van der Waals surface area contributed by atoms with E-state index < -0.39 is 5.97 Å². The van der Waals surface area contributed by atoms with Crippen molar-refractivity contribution in [3.63, 3.8) is 0 Å². The molecule has 1 heterocycles. The molecule has 1 fully saturated rings. The van der Waals surface area contributed by atoms with E-state index in [0.717, 1.165) is 33.1 Å². The summed E-state index contributed by atoms with van der Waals surface area (Å²) < 4.78 is 0.956. The van der Waals surface area contributed by atoms with Crippen LogP contribution in [-0.2, 0) is 11.3 Å². The largest absolute Gasteiger partial charge is 0.481 e. The lowest BCUT2D eigenvalue weighted by Crippen LogP contribution is -2.43. The number of hydrogen-bond acceptors (Lipinski definition) is 3. The minimum Gasteiger partial charge on any atom is -0.481 e. The molecule has 0 aliphatic carbocycles. The Morgan fingerprint density at radius 1 is 1.58 bits per heavy atom. The Bertz CT molecular complexity index is 472. The van der Waals surface area contributed by atoms with Crippen LogP contribution in [0.1, 0.15) is 12.0 Å². The minimum atomic E-state index is -0.737. The molecule has 0 aromatic heterocycles. The van der Waals surface area contributed by atoms with Gasteiger partial charge in [-0.1, -0.05) is 33.6 Å². The number of halogens is 2. The van der Waals surface area contributed by atoms with Crippen LogP contribution in [0.25, 0.3) is 0 Å². The fraction of sp³-hybridized carbons (Fsp3) is 0.462. The third-order valence-electron chi connectivity index (χ3n) is 3.15. The average molecular weight is 365 g/mol. The maximum atomic E-state index is 10.9. The van der Waals surface area contributed by atoms with Crippen LogP contribution in [-0.4, -0.2) is 40.1 Å². The summed E-state index contributed by atoms with van der Waals surface area (Å²) in [5.41, 5.74) is 1.05. The zero-order valence-electron chi connectivity index (χ0n) is 10.3. The molecule has 0 saturated carbocycles. The van der Waals surface area contributed by atoms with Crippen molar-refractivity contribution in [1.29, 1.82) is 0 Å². The summed E-state index contributed by atoms with van der Waals surface area (Å²) in [6.45, 7) is 1.62. The lowest BCUT2D eigenvalue weighted by Gasteiger charge is -2.34. The summed E-state index contributed by atoms with van der Waals surface area (Å²) in [4.78, 5) is 13.1. The normalized spacial score (nSPS) is 20.4. The molecule has 1 aromatic carbocycles. The zero-order valence-corrected chi connectivity index (χ0v) is 13.5. The summed E-state index contributed by atoms with van der Waals surface area (Å²) in [5.74, 6) is 1.18. The summed E-state index contributed by atoms with van der Waals surface area (Å²) in [5, 5.41) is 9.70. The molecule has 1 aliphatic heterocycles. The zero-order chi connectivity index (χ0) is 13.8. The number of rotatable bonds is 4. The molecule has 0 amide bonds. The smallest absolute Gasteiger partial charge is 0.304 e. The second-order valence-electron chi connectivity index (χ2n) is 4.53. The van der Waals surface area contributed by atoms with E-state index in [0.29, 0.717) is 6.54 Å². The Labute approximate surface area is 130 Å². The highest BCUT2D eigenvalue weighted by atomic mass is 79.9. The molecule has 1 aromatic rings. The van der Waals surface area contributed by atoms with E-state index in [1.54, 1.807) is 0 Å². The van der Waals surface area contributed by atoms with E-state index in [1.807, 2.05) is 30.0 Å². The van der Waals surface area contributed by atoms with E-state index in [-0.39, 0.29) is 12.5 Å². The molecule has 2 rings (SSSR count). The van der Waals surface area contributed by atoms with Gasteiger partial charge in [-0.2, -0.15) is 11.8 Å². The molecule has 104 valence electrons. The Hall–Kier alpha value is -0.230. The Morgan fingerprint density at radius 2 is 2.37 bits per heavy atom. The molecule has 1 aliphatic rings. The van der Waals surface area contributed by atoms with Crippen molar-refractivity contribution in [2.75, 3.05) is 18.1 Å². The maximum Gasteiger partial charge on any atom is 0.304 e. The molecule has 1 saturated heterocycles. The Balaban J connectivity index is 2.08. The van der Waals surface area contributed by atoms with Crippen molar-refractivity contribution < 1.29 is 9.90 Å². The van der Waals surface area contributed by atoms with Crippen molar-refractivity contribution in [1.82, 2.24) is 4.90 Å². The Morgan fingerprint density at radius 3 is 3.05 bits per heavy atom. The highest BCUT2D eigenvalue weighted by molar-refractivity contribution is 9.10. The van der Waals surface area contributed by atoms with Gasteiger partial charge in [0.25, 0.3) is 0 Å². The topological polar surface area (TPSA) is 40.5 Å². The number of benzene rings is 1. The maximum absolute atomic E-state index is 10.9. The number of carboxylic acid groups (broad SMARTS) is 1.